The monoisotopic (exact) mass is 305 g/mol. The van der Waals surface area contributed by atoms with Crippen LogP contribution in [-0.4, -0.2) is 24.1 Å². The van der Waals surface area contributed by atoms with Gasteiger partial charge in [0.2, 0.25) is 0 Å². The highest BCUT2D eigenvalue weighted by Crippen LogP contribution is 2.33. The summed E-state index contributed by atoms with van der Waals surface area (Å²) in [4.78, 5) is 23.2. The van der Waals surface area contributed by atoms with E-state index in [9.17, 15) is 9.59 Å². The zero-order valence-corrected chi connectivity index (χ0v) is 13.6. The Morgan fingerprint density at radius 2 is 2.09 bits per heavy atom. The van der Waals surface area contributed by atoms with Gasteiger partial charge in [-0.05, 0) is 45.4 Å². The fourth-order valence-electron chi connectivity index (χ4n) is 2.44. The number of rotatable bonds is 3. The fourth-order valence-corrected chi connectivity index (χ4v) is 2.44. The maximum atomic E-state index is 12.0. The van der Waals surface area contributed by atoms with Gasteiger partial charge in [-0.3, -0.25) is 4.79 Å². The van der Waals surface area contributed by atoms with Gasteiger partial charge < -0.3 is 14.8 Å². The molecular formula is C17H23NO4. The highest BCUT2D eigenvalue weighted by molar-refractivity contribution is 5.78. The molecule has 0 fully saturated rings. The van der Waals surface area contributed by atoms with E-state index in [1.54, 1.807) is 6.92 Å². The van der Waals surface area contributed by atoms with Crippen LogP contribution < -0.4 is 10.1 Å². The number of ether oxygens (including phenoxy) is 2. The number of amides is 1. The number of hydrogen-bond donors (Lipinski definition) is 1. The van der Waals surface area contributed by atoms with Crippen LogP contribution in [0.15, 0.2) is 18.2 Å². The molecule has 5 heteroatoms. The Balaban J connectivity index is 2.16. The summed E-state index contributed by atoms with van der Waals surface area (Å²) in [6.07, 6.45) is 0.615. The lowest BCUT2D eigenvalue weighted by molar-refractivity contribution is -0.116. The van der Waals surface area contributed by atoms with Crippen molar-refractivity contribution < 1.29 is 19.1 Å². The Bertz CT molecular complexity index is 575. The average Bonchev–Trinajstić information content (AvgIpc) is 2.36. The molecule has 0 aromatic heterocycles. The van der Waals surface area contributed by atoms with Crippen LogP contribution in [0.3, 0.4) is 0 Å². The third-order valence-electron chi connectivity index (χ3n) is 3.26. The first-order valence-corrected chi connectivity index (χ1v) is 7.49. The maximum Gasteiger partial charge on any atom is 0.408 e. The largest absolute Gasteiger partial charge is 0.493 e. The summed E-state index contributed by atoms with van der Waals surface area (Å²) in [6, 6.07) is 5.51. The number of hydrogen-bond acceptors (Lipinski definition) is 4. The van der Waals surface area contributed by atoms with Gasteiger partial charge >= 0.3 is 6.09 Å². The lowest BCUT2D eigenvalue weighted by Gasteiger charge is -2.28. The molecular weight excluding hydrogens is 282 g/mol. The lowest BCUT2D eigenvalue weighted by atomic mass is 9.97. The minimum atomic E-state index is -0.533. The Kier molecular flexibility index (Phi) is 4.74. The number of ketones is 1. The van der Waals surface area contributed by atoms with Gasteiger partial charge in [0, 0.05) is 18.4 Å². The Morgan fingerprint density at radius 1 is 1.36 bits per heavy atom. The number of carbonyl (C=O) groups excluding carboxylic acids is 2. The Morgan fingerprint density at radius 3 is 2.73 bits per heavy atom. The van der Waals surface area contributed by atoms with E-state index in [0.29, 0.717) is 19.4 Å². The molecule has 120 valence electrons. The summed E-state index contributed by atoms with van der Waals surface area (Å²) >= 11 is 0. The summed E-state index contributed by atoms with van der Waals surface area (Å²) in [5.41, 5.74) is 1.29. The molecule has 0 aliphatic carbocycles. The molecule has 0 saturated carbocycles. The molecule has 1 aliphatic rings. The van der Waals surface area contributed by atoms with Gasteiger partial charge in [0.05, 0.1) is 12.6 Å². The minimum absolute atomic E-state index is 0.105. The predicted octanol–water partition coefficient (Wildman–Crippen LogP) is 3.17. The van der Waals surface area contributed by atoms with Crippen LogP contribution in [0.5, 0.6) is 5.75 Å². The van der Waals surface area contributed by atoms with Gasteiger partial charge in [0.1, 0.15) is 17.1 Å². The molecule has 1 aromatic rings. The smallest absolute Gasteiger partial charge is 0.408 e. The van der Waals surface area contributed by atoms with Crippen molar-refractivity contribution in [1.29, 1.82) is 0 Å². The third kappa shape index (κ3) is 4.48. The lowest BCUT2D eigenvalue weighted by Crippen LogP contribution is -2.36. The van der Waals surface area contributed by atoms with E-state index in [1.807, 2.05) is 39.0 Å². The summed E-state index contributed by atoms with van der Waals surface area (Å²) in [5, 5.41) is 2.89. The third-order valence-corrected chi connectivity index (χ3v) is 3.26. The maximum absolute atomic E-state index is 12.0. The topological polar surface area (TPSA) is 64.6 Å². The second-order valence-electron chi connectivity index (χ2n) is 6.59. The van der Waals surface area contributed by atoms with Crippen molar-refractivity contribution in [2.24, 2.45) is 0 Å². The van der Waals surface area contributed by atoms with Crippen molar-refractivity contribution in [3.05, 3.63) is 29.3 Å². The molecule has 0 unspecified atom stereocenters. The highest BCUT2D eigenvalue weighted by Gasteiger charge is 2.26. The van der Waals surface area contributed by atoms with E-state index < -0.39 is 11.7 Å². The van der Waals surface area contributed by atoms with E-state index in [2.05, 4.69) is 5.32 Å². The Labute approximate surface area is 131 Å². The van der Waals surface area contributed by atoms with Crippen molar-refractivity contribution in [2.45, 2.75) is 52.2 Å². The van der Waals surface area contributed by atoms with Crippen LogP contribution in [0.2, 0.25) is 0 Å². The number of nitrogens with one attached hydrogen (secondary N) is 1. The zero-order chi connectivity index (χ0) is 16.3. The quantitative estimate of drug-likeness (QED) is 0.931. The molecule has 2 rings (SSSR count). The molecule has 1 amide bonds. The van der Waals surface area contributed by atoms with Crippen molar-refractivity contribution in [2.75, 3.05) is 6.61 Å². The molecule has 1 aromatic carbocycles. The van der Waals surface area contributed by atoms with Gasteiger partial charge in [-0.15, -0.1) is 0 Å². The first-order valence-electron chi connectivity index (χ1n) is 7.49. The van der Waals surface area contributed by atoms with Crippen LogP contribution in [0.25, 0.3) is 0 Å². The van der Waals surface area contributed by atoms with Gasteiger partial charge in [0.25, 0.3) is 0 Å². The number of benzene rings is 1. The number of carbonyl (C=O) groups is 2. The summed E-state index contributed by atoms with van der Waals surface area (Å²) in [7, 11) is 0. The highest BCUT2D eigenvalue weighted by atomic mass is 16.6. The van der Waals surface area contributed by atoms with Crippen LogP contribution >= 0.6 is 0 Å². The molecule has 0 spiro atoms. The number of fused-ring (bicyclic) bond motifs is 1. The van der Waals surface area contributed by atoms with Crippen molar-refractivity contribution in [3.8, 4) is 5.75 Å². The molecule has 0 bridgehead atoms. The molecule has 1 heterocycles. The first kappa shape index (κ1) is 16.3. The van der Waals surface area contributed by atoms with Crippen LogP contribution in [0.4, 0.5) is 4.79 Å². The molecule has 1 aliphatic heterocycles. The van der Waals surface area contributed by atoms with E-state index in [1.165, 1.54) is 0 Å². The number of alkyl carbamates (subject to hydrolysis) is 1. The van der Waals surface area contributed by atoms with Gasteiger partial charge in [-0.25, -0.2) is 4.79 Å². The van der Waals surface area contributed by atoms with E-state index in [-0.39, 0.29) is 11.8 Å². The Hall–Kier alpha value is -2.04. The summed E-state index contributed by atoms with van der Waals surface area (Å²) in [5.74, 6) is 0.855. The molecule has 5 nitrogen and oxygen atoms in total. The molecule has 0 radical (unpaired) electrons. The van der Waals surface area contributed by atoms with Crippen molar-refractivity contribution >= 4 is 11.9 Å². The standard InChI is InChI=1S/C17H23NO4/c1-11(19)9-12-5-6-15-13(10-12)14(7-8-21-15)18-16(20)22-17(2,3)4/h5-6,10,14H,7-9H2,1-4H3,(H,18,20)/t14-/m0/s1. The second-order valence-corrected chi connectivity index (χ2v) is 6.59. The molecule has 1 N–H and O–H groups in total. The molecule has 0 saturated heterocycles. The second kappa shape index (κ2) is 6.38. The van der Waals surface area contributed by atoms with Crippen LogP contribution in [0.1, 0.15) is 51.3 Å². The van der Waals surface area contributed by atoms with Crippen LogP contribution in [0, 0.1) is 0 Å². The SMILES string of the molecule is CC(=O)Cc1ccc2c(c1)[C@@H](NC(=O)OC(C)(C)C)CCO2. The van der Waals surface area contributed by atoms with Gasteiger partial charge in [-0.1, -0.05) is 6.07 Å². The van der Waals surface area contributed by atoms with Crippen molar-refractivity contribution in [3.63, 3.8) is 0 Å². The van der Waals surface area contributed by atoms with Crippen LogP contribution in [-0.2, 0) is 16.0 Å². The van der Waals surface area contributed by atoms with E-state index in [0.717, 1.165) is 16.9 Å². The van der Waals surface area contributed by atoms with E-state index >= 15 is 0 Å². The summed E-state index contributed by atoms with van der Waals surface area (Å²) in [6.45, 7) is 7.59. The van der Waals surface area contributed by atoms with E-state index in [4.69, 9.17) is 9.47 Å². The minimum Gasteiger partial charge on any atom is -0.493 e. The predicted molar refractivity (Wildman–Crippen MR) is 83.0 cm³/mol. The molecule has 1 atom stereocenters. The van der Waals surface area contributed by atoms with Gasteiger partial charge in [-0.2, -0.15) is 0 Å². The normalized spacial score (nSPS) is 17.2. The number of Topliss-reactive ketones (excluding diaryl/α,β-unsaturated/α-hetero) is 1. The summed E-state index contributed by atoms with van der Waals surface area (Å²) < 4.78 is 10.9. The average molecular weight is 305 g/mol. The molecule has 22 heavy (non-hydrogen) atoms. The zero-order valence-electron chi connectivity index (χ0n) is 13.6. The fraction of sp³-hybridized carbons (Fsp3) is 0.529. The first-order chi connectivity index (χ1) is 10.2. The van der Waals surface area contributed by atoms with Crippen molar-refractivity contribution in [1.82, 2.24) is 5.32 Å². The van der Waals surface area contributed by atoms with Gasteiger partial charge in [0.15, 0.2) is 0 Å².